The average Bonchev–Trinajstić information content (AvgIpc) is 2.29. The predicted molar refractivity (Wildman–Crippen MR) is 78.6 cm³/mol. The first-order valence-electron chi connectivity index (χ1n) is 6.10. The second-order valence-corrected chi connectivity index (χ2v) is 6.23. The van der Waals surface area contributed by atoms with Gasteiger partial charge < -0.3 is 15.2 Å². The molecule has 0 heterocycles. The Balaban J connectivity index is 2.47. The maximum absolute atomic E-state index is 11.6. The van der Waals surface area contributed by atoms with Crippen molar-refractivity contribution in [2.75, 3.05) is 18.6 Å². The SMILES string of the molecule is COc1ccc(N)c(SCCC(=O)OC(C)(C)C)c1. The number of thioether (sulfide) groups is 1. The molecule has 1 aromatic rings. The highest BCUT2D eigenvalue weighted by Gasteiger charge is 2.16. The number of methoxy groups -OCH3 is 1. The van der Waals surface area contributed by atoms with E-state index >= 15 is 0 Å². The Bertz CT molecular complexity index is 441. The molecule has 0 aliphatic rings. The largest absolute Gasteiger partial charge is 0.497 e. The van der Waals surface area contributed by atoms with Crippen LogP contribution < -0.4 is 10.5 Å². The minimum atomic E-state index is -0.434. The van der Waals surface area contributed by atoms with Crippen LogP contribution in [0.25, 0.3) is 0 Å². The van der Waals surface area contributed by atoms with Gasteiger partial charge in [-0.3, -0.25) is 4.79 Å². The number of benzene rings is 1. The van der Waals surface area contributed by atoms with Gasteiger partial charge in [-0.1, -0.05) is 0 Å². The molecule has 106 valence electrons. The standard InChI is InChI=1S/C14H21NO3S/c1-14(2,3)18-13(16)7-8-19-12-9-10(17-4)5-6-11(12)15/h5-6,9H,7-8,15H2,1-4H3. The summed E-state index contributed by atoms with van der Waals surface area (Å²) in [6, 6.07) is 5.48. The second kappa shape index (κ2) is 6.70. The van der Waals surface area contributed by atoms with E-state index in [1.807, 2.05) is 32.9 Å². The highest BCUT2D eigenvalue weighted by molar-refractivity contribution is 7.99. The predicted octanol–water partition coefficient (Wildman–Crippen LogP) is 3.10. The van der Waals surface area contributed by atoms with Crippen LogP contribution >= 0.6 is 11.8 Å². The first kappa shape index (κ1) is 15.7. The van der Waals surface area contributed by atoms with Crippen LogP contribution in [0.4, 0.5) is 5.69 Å². The smallest absolute Gasteiger partial charge is 0.307 e. The van der Waals surface area contributed by atoms with Gasteiger partial charge in [0.1, 0.15) is 11.4 Å². The van der Waals surface area contributed by atoms with Crippen molar-refractivity contribution in [3.8, 4) is 5.75 Å². The van der Waals surface area contributed by atoms with E-state index in [4.69, 9.17) is 15.2 Å². The highest BCUT2D eigenvalue weighted by atomic mass is 32.2. The number of hydrogen-bond acceptors (Lipinski definition) is 5. The van der Waals surface area contributed by atoms with E-state index in [1.165, 1.54) is 11.8 Å². The molecule has 0 spiro atoms. The molecule has 0 aliphatic carbocycles. The molecule has 1 aromatic carbocycles. The number of nitrogens with two attached hydrogens (primary N) is 1. The van der Waals surface area contributed by atoms with E-state index in [0.29, 0.717) is 17.9 Å². The zero-order chi connectivity index (χ0) is 14.5. The number of esters is 1. The highest BCUT2D eigenvalue weighted by Crippen LogP contribution is 2.29. The number of carbonyl (C=O) groups is 1. The fourth-order valence-corrected chi connectivity index (χ4v) is 2.33. The summed E-state index contributed by atoms with van der Waals surface area (Å²) in [5, 5.41) is 0. The normalized spacial score (nSPS) is 11.2. The number of anilines is 1. The summed E-state index contributed by atoms with van der Waals surface area (Å²) in [5.41, 5.74) is 6.13. The summed E-state index contributed by atoms with van der Waals surface area (Å²) in [5.74, 6) is 1.20. The molecule has 0 saturated heterocycles. The zero-order valence-electron chi connectivity index (χ0n) is 11.9. The lowest BCUT2D eigenvalue weighted by atomic mass is 10.2. The number of hydrogen-bond donors (Lipinski definition) is 1. The molecule has 0 fully saturated rings. The van der Waals surface area contributed by atoms with Crippen molar-refractivity contribution in [1.82, 2.24) is 0 Å². The fraction of sp³-hybridized carbons (Fsp3) is 0.500. The molecule has 19 heavy (non-hydrogen) atoms. The summed E-state index contributed by atoms with van der Waals surface area (Å²) in [6.45, 7) is 5.58. The lowest BCUT2D eigenvalue weighted by Crippen LogP contribution is -2.24. The molecular formula is C14H21NO3S. The van der Waals surface area contributed by atoms with E-state index in [2.05, 4.69) is 0 Å². The Hall–Kier alpha value is -1.36. The molecule has 0 unspecified atom stereocenters. The maximum Gasteiger partial charge on any atom is 0.307 e. The number of nitrogen functional groups attached to an aromatic ring is 1. The summed E-state index contributed by atoms with van der Waals surface area (Å²) >= 11 is 1.53. The van der Waals surface area contributed by atoms with E-state index in [0.717, 1.165) is 10.6 Å². The molecule has 1 rings (SSSR count). The third kappa shape index (κ3) is 5.87. The van der Waals surface area contributed by atoms with Gasteiger partial charge in [0, 0.05) is 16.3 Å². The summed E-state index contributed by atoms with van der Waals surface area (Å²) in [4.78, 5) is 12.5. The van der Waals surface area contributed by atoms with Crippen LogP contribution in [0.15, 0.2) is 23.1 Å². The Morgan fingerprint density at radius 2 is 2.05 bits per heavy atom. The van der Waals surface area contributed by atoms with Gasteiger partial charge >= 0.3 is 5.97 Å². The van der Waals surface area contributed by atoms with Crippen molar-refractivity contribution in [2.45, 2.75) is 37.7 Å². The van der Waals surface area contributed by atoms with Gasteiger partial charge in [-0.05, 0) is 39.0 Å². The molecule has 0 aromatic heterocycles. The summed E-state index contributed by atoms with van der Waals surface area (Å²) < 4.78 is 10.4. The second-order valence-electron chi connectivity index (χ2n) is 5.09. The number of ether oxygens (including phenoxy) is 2. The van der Waals surface area contributed by atoms with Crippen molar-refractivity contribution < 1.29 is 14.3 Å². The monoisotopic (exact) mass is 283 g/mol. The maximum atomic E-state index is 11.6. The van der Waals surface area contributed by atoms with Gasteiger partial charge in [-0.25, -0.2) is 0 Å². The Morgan fingerprint density at radius 3 is 2.63 bits per heavy atom. The van der Waals surface area contributed by atoms with Crippen molar-refractivity contribution >= 4 is 23.4 Å². The molecule has 0 aliphatic heterocycles. The van der Waals surface area contributed by atoms with E-state index < -0.39 is 5.60 Å². The Kier molecular flexibility index (Phi) is 5.54. The van der Waals surface area contributed by atoms with Crippen LogP contribution in [0.3, 0.4) is 0 Å². The van der Waals surface area contributed by atoms with Gasteiger partial charge in [0.25, 0.3) is 0 Å². The zero-order valence-corrected chi connectivity index (χ0v) is 12.7. The van der Waals surface area contributed by atoms with Gasteiger partial charge in [0.15, 0.2) is 0 Å². The molecule has 0 amide bonds. The third-order valence-corrected chi connectivity index (χ3v) is 3.28. The Labute approximate surface area is 118 Å². The molecule has 4 nitrogen and oxygen atoms in total. The fourth-order valence-electron chi connectivity index (χ4n) is 1.40. The molecule has 0 atom stereocenters. The molecule has 0 saturated carbocycles. The molecular weight excluding hydrogens is 262 g/mol. The lowest BCUT2D eigenvalue weighted by Gasteiger charge is -2.19. The lowest BCUT2D eigenvalue weighted by molar-refractivity contribution is -0.154. The van der Waals surface area contributed by atoms with Crippen LogP contribution in [0.1, 0.15) is 27.2 Å². The van der Waals surface area contributed by atoms with Gasteiger partial charge in [-0.2, -0.15) is 0 Å². The third-order valence-electron chi connectivity index (χ3n) is 2.20. The van der Waals surface area contributed by atoms with Crippen LogP contribution in [-0.4, -0.2) is 24.4 Å². The van der Waals surface area contributed by atoms with Crippen LogP contribution in [0, 0.1) is 0 Å². The van der Waals surface area contributed by atoms with E-state index in [1.54, 1.807) is 13.2 Å². The minimum absolute atomic E-state index is 0.193. The van der Waals surface area contributed by atoms with Crippen LogP contribution in [0.2, 0.25) is 0 Å². The molecule has 5 heteroatoms. The average molecular weight is 283 g/mol. The van der Waals surface area contributed by atoms with Crippen LogP contribution in [0.5, 0.6) is 5.75 Å². The molecule has 0 bridgehead atoms. The Morgan fingerprint density at radius 1 is 1.37 bits per heavy atom. The number of carbonyl (C=O) groups excluding carboxylic acids is 1. The quantitative estimate of drug-likeness (QED) is 0.511. The van der Waals surface area contributed by atoms with Crippen molar-refractivity contribution in [3.05, 3.63) is 18.2 Å². The molecule has 2 N–H and O–H groups in total. The van der Waals surface area contributed by atoms with Gasteiger partial charge in [-0.15, -0.1) is 11.8 Å². The first-order chi connectivity index (χ1) is 8.81. The molecule has 0 radical (unpaired) electrons. The summed E-state index contributed by atoms with van der Waals surface area (Å²) in [7, 11) is 1.61. The minimum Gasteiger partial charge on any atom is -0.497 e. The van der Waals surface area contributed by atoms with Crippen molar-refractivity contribution in [1.29, 1.82) is 0 Å². The van der Waals surface area contributed by atoms with Gasteiger partial charge in [0.2, 0.25) is 0 Å². The number of rotatable bonds is 5. The first-order valence-corrected chi connectivity index (χ1v) is 7.08. The van der Waals surface area contributed by atoms with E-state index in [-0.39, 0.29) is 5.97 Å². The van der Waals surface area contributed by atoms with E-state index in [9.17, 15) is 4.79 Å². The summed E-state index contributed by atoms with van der Waals surface area (Å²) in [6.07, 6.45) is 0.360. The van der Waals surface area contributed by atoms with Crippen LogP contribution in [-0.2, 0) is 9.53 Å². The van der Waals surface area contributed by atoms with Gasteiger partial charge in [0.05, 0.1) is 13.5 Å². The topological polar surface area (TPSA) is 61.5 Å². The van der Waals surface area contributed by atoms with Crippen molar-refractivity contribution in [2.24, 2.45) is 0 Å². The van der Waals surface area contributed by atoms with Crippen molar-refractivity contribution in [3.63, 3.8) is 0 Å².